The van der Waals surface area contributed by atoms with E-state index in [9.17, 15) is 9.59 Å². The second-order valence-corrected chi connectivity index (χ2v) is 4.76. The molecular formula is C10H15NO3. The smallest absolute Gasteiger partial charge is 0.319 e. The highest BCUT2D eigenvalue weighted by atomic mass is 16.4. The summed E-state index contributed by atoms with van der Waals surface area (Å²) in [6.45, 7) is 1.98. The first-order valence-electron chi connectivity index (χ1n) is 5.05. The van der Waals surface area contributed by atoms with Crippen molar-refractivity contribution >= 4 is 11.9 Å². The zero-order valence-corrected chi connectivity index (χ0v) is 8.30. The fourth-order valence-corrected chi connectivity index (χ4v) is 1.89. The van der Waals surface area contributed by atoms with Crippen molar-refractivity contribution in [1.82, 2.24) is 5.32 Å². The highest BCUT2D eigenvalue weighted by molar-refractivity contribution is 6.05. The lowest BCUT2D eigenvalue weighted by atomic mass is 9.78. The molecule has 0 aromatic rings. The molecule has 0 spiro atoms. The lowest BCUT2D eigenvalue weighted by Crippen LogP contribution is -2.54. The molecule has 0 radical (unpaired) electrons. The first-order valence-corrected chi connectivity index (χ1v) is 5.05. The van der Waals surface area contributed by atoms with Gasteiger partial charge in [0.25, 0.3) is 0 Å². The molecule has 0 atom stereocenters. The molecule has 1 amide bonds. The molecule has 2 fully saturated rings. The third-order valence-electron chi connectivity index (χ3n) is 3.47. The highest BCUT2D eigenvalue weighted by Gasteiger charge is 2.58. The van der Waals surface area contributed by atoms with E-state index in [-0.39, 0.29) is 11.4 Å². The van der Waals surface area contributed by atoms with Crippen LogP contribution in [0, 0.1) is 5.41 Å². The van der Waals surface area contributed by atoms with Crippen molar-refractivity contribution in [3.63, 3.8) is 0 Å². The van der Waals surface area contributed by atoms with Gasteiger partial charge in [-0.3, -0.25) is 9.59 Å². The van der Waals surface area contributed by atoms with E-state index < -0.39 is 11.4 Å². The first kappa shape index (κ1) is 9.49. The van der Waals surface area contributed by atoms with Crippen LogP contribution in [0.1, 0.15) is 39.0 Å². The molecule has 2 aliphatic rings. The van der Waals surface area contributed by atoms with Gasteiger partial charge in [-0.1, -0.05) is 0 Å². The summed E-state index contributed by atoms with van der Waals surface area (Å²) in [5.74, 6) is -1.26. The lowest BCUT2D eigenvalue weighted by molar-refractivity contribution is -0.149. The Morgan fingerprint density at radius 2 is 1.79 bits per heavy atom. The van der Waals surface area contributed by atoms with Gasteiger partial charge in [0.2, 0.25) is 5.91 Å². The standard InChI is InChI=1S/C10H15NO3/c1-9(3-2-4-9)11-7(12)10(5-6-10)8(13)14/h2-6H2,1H3,(H,11,12)(H,13,14). The van der Waals surface area contributed by atoms with E-state index in [2.05, 4.69) is 5.32 Å². The Kier molecular flexibility index (Phi) is 1.84. The van der Waals surface area contributed by atoms with Crippen LogP contribution in [0.4, 0.5) is 0 Å². The van der Waals surface area contributed by atoms with E-state index in [1.165, 1.54) is 0 Å². The normalized spacial score (nSPS) is 26.1. The van der Waals surface area contributed by atoms with Crippen LogP contribution in [-0.4, -0.2) is 22.5 Å². The predicted octanol–water partition coefficient (Wildman–Crippen LogP) is 0.910. The van der Waals surface area contributed by atoms with Gasteiger partial charge in [-0.25, -0.2) is 0 Å². The van der Waals surface area contributed by atoms with Gasteiger partial charge in [-0.2, -0.15) is 0 Å². The van der Waals surface area contributed by atoms with Crippen molar-refractivity contribution < 1.29 is 14.7 Å². The molecule has 78 valence electrons. The van der Waals surface area contributed by atoms with E-state index in [1.807, 2.05) is 6.92 Å². The summed E-state index contributed by atoms with van der Waals surface area (Å²) in [7, 11) is 0. The number of hydrogen-bond donors (Lipinski definition) is 2. The number of carboxylic acid groups (broad SMARTS) is 1. The Morgan fingerprint density at radius 3 is 2.07 bits per heavy atom. The Balaban J connectivity index is 1.99. The summed E-state index contributed by atoms with van der Waals surface area (Å²) in [4.78, 5) is 22.5. The Hall–Kier alpha value is -1.06. The maximum absolute atomic E-state index is 11.7. The molecular weight excluding hydrogens is 182 g/mol. The SMILES string of the molecule is CC1(NC(=O)C2(C(=O)O)CC2)CCC1. The predicted molar refractivity (Wildman–Crippen MR) is 49.7 cm³/mol. The molecule has 4 heteroatoms. The highest BCUT2D eigenvalue weighted by Crippen LogP contribution is 2.47. The maximum Gasteiger partial charge on any atom is 0.319 e. The van der Waals surface area contributed by atoms with Gasteiger partial charge in [0.15, 0.2) is 0 Å². The Labute approximate surface area is 82.7 Å². The van der Waals surface area contributed by atoms with Gasteiger partial charge in [-0.15, -0.1) is 0 Å². The molecule has 4 nitrogen and oxygen atoms in total. The molecule has 2 aliphatic carbocycles. The third-order valence-corrected chi connectivity index (χ3v) is 3.47. The Bertz CT molecular complexity index is 290. The van der Waals surface area contributed by atoms with Gasteiger partial charge in [-0.05, 0) is 39.0 Å². The van der Waals surface area contributed by atoms with Crippen molar-refractivity contribution in [3.05, 3.63) is 0 Å². The van der Waals surface area contributed by atoms with Crippen molar-refractivity contribution in [2.75, 3.05) is 0 Å². The largest absolute Gasteiger partial charge is 0.480 e. The fraction of sp³-hybridized carbons (Fsp3) is 0.800. The van der Waals surface area contributed by atoms with Crippen molar-refractivity contribution in [2.24, 2.45) is 5.41 Å². The number of aliphatic carboxylic acids is 1. The summed E-state index contributed by atoms with van der Waals surface area (Å²) in [6, 6.07) is 0. The first-order chi connectivity index (χ1) is 6.49. The quantitative estimate of drug-likeness (QED) is 0.661. The van der Waals surface area contributed by atoms with Crippen LogP contribution in [-0.2, 0) is 9.59 Å². The summed E-state index contributed by atoms with van der Waals surface area (Å²) < 4.78 is 0. The number of amides is 1. The minimum Gasteiger partial charge on any atom is -0.480 e. The molecule has 2 rings (SSSR count). The van der Waals surface area contributed by atoms with E-state index in [1.54, 1.807) is 0 Å². The van der Waals surface area contributed by atoms with E-state index in [0.29, 0.717) is 12.8 Å². The monoisotopic (exact) mass is 197 g/mol. The summed E-state index contributed by atoms with van der Waals surface area (Å²) in [5, 5.41) is 11.8. The average Bonchev–Trinajstić information content (AvgIpc) is 2.80. The molecule has 0 aromatic heterocycles. The average molecular weight is 197 g/mol. The van der Waals surface area contributed by atoms with Crippen molar-refractivity contribution in [2.45, 2.75) is 44.6 Å². The van der Waals surface area contributed by atoms with Gasteiger partial charge >= 0.3 is 5.97 Å². The summed E-state index contributed by atoms with van der Waals surface area (Å²) >= 11 is 0. The lowest BCUT2D eigenvalue weighted by Gasteiger charge is -2.39. The minimum atomic E-state index is -1.08. The van der Waals surface area contributed by atoms with Gasteiger partial charge in [0.1, 0.15) is 5.41 Å². The van der Waals surface area contributed by atoms with Crippen LogP contribution >= 0.6 is 0 Å². The molecule has 0 aliphatic heterocycles. The van der Waals surface area contributed by atoms with Gasteiger partial charge < -0.3 is 10.4 Å². The number of carboxylic acids is 1. The van der Waals surface area contributed by atoms with E-state index >= 15 is 0 Å². The summed E-state index contributed by atoms with van der Waals surface area (Å²) in [5.41, 5.74) is -1.22. The van der Waals surface area contributed by atoms with Crippen LogP contribution in [0.15, 0.2) is 0 Å². The number of hydrogen-bond acceptors (Lipinski definition) is 2. The molecule has 2 N–H and O–H groups in total. The molecule has 0 saturated heterocycles. The maximum atomic E-state index is 11.7. The Morgan fingerprint density at radius 1 is 1.21 bits per heavy atom. The van der Waals surface area contributed by atoms with Gasteiger partial charge in [0, 0.05) is 5.54 Å². The number of nitrogens with one attached hydrogen (secondary N) is 1. The molecule has 2 saturated carbocycles. The van der Waals surface area contributed by atoms with Gasteiger partial charge in [0.05, 0.1) is 0 Å². The zero-order chi connectivity index (χ0) is 10.4. The second kappa shape index (κ2) is 2.72. The number of carbonyl (C=O) groups is 2. The molecule has 0 unspecified atom stereocenters. The minimum absolute atomic E-state index is 0.137. The van der Waals surface area contributed by atoms with Crippen LogP contribution in [0.25, 0.3) is 0 Å². The second-order valence-electron chi connectivity index (χ2n) is 4.76. The molecule has 0 aromatic carbocycles. The number of carbonyl (C=O) groups excluding carboxylic acids is 1. The molecule has 0 heterocycles. The molecule has 0 bridgehead atoms. The third kappa shape index (κ3) is 1.29. The number of rotatable bonds is 3. The van der Waals surface area contributed by atoms with Crippen LogP contribution in [0.3, 0.4) is 0 Å². The van der Waals surface area contributed by atoms with Crippen molar-refractivity contribution in [1.29, 1.82) is 0 Å². The molecule has 14 heavy (non-hydrogen) atoms. The topological polar surface area (TPSA) is 66.4 Å². The van der Waals surface area contributed by atoms with Crippen LogP contribution in [0.5, 0.6) is 0 Å². The van der Waals surface area contributed by atoms with Crippen LogP contribution in [0.2, 0.25) is 0 Å². The van der Waals surface area contributed by atoms with E-state index in [4.69, 9.17) is 5.11 Å². The van der Waals surface area contributed by atoms with Crippen molar-refractivity contribution in [3.8, 4) is 0 Å². The van der Waals surface area contributed by atoms with Crippen LogP contribution < -0.4 is 5.32 Å². The summed E-state index contributed by atoms with van der Waals surface area (Å²) in [6.07, 6.45) is 4.04. The fourth-order valence-electron chi connectivity index (χ4n) is 1.89. The van der Waals surface area contributed by atoms with E-state index in [0.717, 1.165) is 19.3 Å². The zero-order valence-electron chi connectivity index (χ0n) is 8.30.